The first kappa shape index (κ1) is 17.2. The van der Waals surface area contributed by atoms with E-state index in [2.05, 4.69) is 22.0 Å². The largest absolute Gasteiger partial charge is 0.475 e. The Bertz CT molecular complexity index is 729. The van der Waals surface area contributed by atoms with Gasteiger partial charge in [-0.15, -0.1) is 0 Å². The summed E-state index contributed by atoms with van der Waals surface area (Å²) in [6, 6.07) is 3.77. The van der Waals surface area contributed by atoms with Crippen LogP contribution in [0.4, 0.5) is 0 Å². The molecule has 1 saturated heterocycles. The first-order chi connectivity index (χ1) is 11.3. The fraction of sp³-hybridized carbons (Fsp3) is 0.529. The number of aliphatic hydroxyl groups is 1. The second-order valence-electron chi connectivity index (χ2n) is 6.59. The molecule has 0 spiro atoms. The molecule has 1 amide bonds. The molecule has 0 bridgehead atoms. The number of rotatable bonds is 2. The number of nitriles is 1. The summed E-state index contributed by atoms with van der Waals surface area (Å²) in [7, 11) is 3.80. The van der Waals surface area contributed by atoms with E-state index in [1.807, 2.05) is 25.9 Å². The minimum atomic E-state index is -0.554. The molecule has 0 aliphatic carbocycles. The van der Waals surface area contributed by atoms with Crippen LogP contribution in [-0.4, -0.2) is 66.2 Å². The molecule has 0 aromatic heterocycles. The molecular formula is C17H20BrN3O3. The highest BCUT2D eigenvalue weighted by Crippen LogP contribution is 2.39. The Morgan fingerprint density at radius 1 is 1.50 bits per heavy atom. The number of hydrogen-bond acceptors (Lipinski definition) is 5. The first-order valence-electron chi connectivity index (χ1n) is 7.85. The molecule has 1 unspecified atom stereocenters. The van der Waals surface area contributed by atoms with E-state index < -0.39 is 12.2 Å². The molecule has 2 heterocycles. The zero-order chi connectivity index (χ0) is 17.6. The lowest BCUT2D eigenvalue weighted by molar-refractivity contribution is 0.0762. The number of halogens is 1. The number of benzene rings is 1. The molecule has 7 heteroatoms. The van der Waals surface area contributed by atoms with Crippen molar-refractivity contribution in [1.29, 1.82) is 5.26 Å². The van der Waals surface area contributed by atoms with Crippen molar-refractivity contribution in [3.05, 3.63) is 27.2 Å². The number of ether oxygens (including phenoxy) is 1. The van der Waals surface area contributed by atoms with Crippen LogP contribution in [0.2, 0.25) is 0 Å². The fourth-order valence-corrected chi connectivity index (χ4v) is 3.93. The highest BCUT2D eigenvalue weighted by molar-refractivity contribution is 9.10. The van der Waals surface area contributed by atoms with E-state index in [-0.39, 0.29) is 11.9 Å². The zero-order valence-electron chi connectivity index (χ0n) is 13.9. The lowest BCUT2D eigenvalue weighted by atomic mass is 10.0. The van der Waals surface area contributed by atoms with E-state index in [1.54, 1.807) is 11.0 Å². The summed E-state index contributed by atoms with van der Waals surface area (Å²) in [5, 5.41) is 19.2. The van der Waals surface area contributed by atoms with Crippen LogP contribution >= 0.6 is 15.9 Å². The number of fused-ring (bicyclic) bond motifs is 1. The predicted molar refractivity (Wildman–Crippen MR) is 92.0 cm³/mol. The SMILES string of the molecule is Cc1c(C(=O)N2C[C@@H](N(C)C)[C@@H](O)C2)cc2c(c1Br)CC(C#N)O2. The van der Waals surface area contributed by atoms with Crippen LogP contribution in [0.1, 0.15) is 21.5 Å². The Labute approximate surface area is 149 Å². The average molecular weight is 394 g/mol. The molecule has 1 aromatic rings. The van der Waals surface area contributed by atoms with Crippen LogP contribution in [0.25, 0.3) is 0 Å². The standard InChI is InChI=1S/C17H20BrN3O3/c1-9-11(5-15-12(16(9)18)4-10(6-19)24-15)17(23)21-7-13(20(2)3)14(22)8-21/h5,10,13-14,22H,4,7-8H2,1-3H3/t10?,13-,14+/m1/s1. The minimum Gasteiger partial charge on any atom is -0.475 e. The lowest BCUT2D eigenvalue weighted by Crippen LogP contribution is -2.38. The van der Waals surface area contributed by atoms with Crippen LogP contribution in [0.15, 0.2) is 10.5 Å². The maximum Gasteiger partial charge on any atom is 0.254 e. The summed E-state index contributed by atoms with van der Waals surface area (Å²) < 4.78 is 6.43. The van der Waals surface area contributed by atoms with Gasteiger partial charge in [-0.2, -0.15) is 5.26 Å². The van der Waals surface area contributed by atoms with Gasteiger partial charge in [0.05, 0.1) is 12.1 Å². The zero-order valence-corrected chi connectivity index (χ0v) is 15.5. The predicted octanol–water partition coefficient (Wildman–Crippen LogP) is 1.33. The smallest absolute Gasteiger partial charge is 0.254 e. The Kier molecular flexibility index (Phi) is 4.56. The Morgan fingerprint density at radius 2 is 2.21 bits per heavy atom. The van der Waals surface area contributed by atoms with Crippen LogP contribution in [-0.2, 0) is 6.42 Å². The van der Waals surface area contributed by atoms with Crippen LogP contribution in [0, 0.1) is 18.3 Å². The maximum absolute atomic E-state index is 12.9. The van der Waals surface area contributed by atoms with Crippen LogP contribution in [0.5, 0.6) is 5.75 Å². The van der Waals surface area contributed by atoms with Gasteiger partial charge in [-0.25, -0.2) is 0 Å². The van der Waals surface area contributed by atoms with Crippen molar-refractivity contribution in [2.24, 2.45) is 0 Å². The monoisotopic (exact) mass is 393 g/mol. The molecule has 128 valence electrons. The molecule has 6 nitrogen and oxygen atoms in total. The van der Waals surface area contributed by atoms with E-state index in [0.29, 0.717) is 30.8 Å². The number of likely N-dealkylation sites (tertiary alicyclic amines) is 1. The van der Waals surface area contributed by atoms with Crippen molar-refractivity contribution in [3.63, 3.8) is 0 Å². The summed E-state index contributed by atoms with van der Waals surface area (Å²) in [5.41, 5.74) is 2.32. The normalized spacial score (nSPS) is 25.5. The molecule has 1 fully saturated rings. The second-order valence-corrected chi connectivity index (χ2v) is 7.38. The molecule has 1 aromatic carbocycles. The highest BCUT2D eigenvalue weighted by Gasteiger charge is 2.37. The molecule has 3 rings (SSSR count). The molecule has 0 radical (unpaired) electrons. The fourth-order valence-electron chi connectivity index (χ4n) is 3.36. The van der Waals surface area contributed by atoms with E-state index in [4.69, 9.17) is 10.00 Å². The van der Waals surface area contributed by atoms with Gasteiger partial charge in [0.2, 0.25) is 0 Å². The number of nitrogens with zero attached hydrogens (tertiary/aromatic N) is 3. The topological polar surface area (TPSA) is 76.8 Å². The molecule has 1 N–H and O–H groups in total. The van der Waals surface area contributed by atoms with Gasteiger partial charge in [0.1, 0.15) is 11.8 Å². The summed E-state index contributed by atoms with van der Waals surface area (Å²) in [6.07, 6.45) is -0.540. The number of aliphatic hydroxyl groups excluding tert-OH is 1. The number of hydrogen-bond donors (Lipinski definition) is 1. The van der Waals surface area contributed by atoms with Crippen molar-refractivity contribution >= 4 is 21.8 Å². The Balaban J connectivity index is 1.90. The van der Waals surface area contributed by atoms with E-state index in [9.17, 15) is 9.90 Å². The number of amides is 1. The van der Waals surface area contributed by atoms with E-state index >= 15 is 0 Å². The van der Waals surface area contributed by atoms with Gasteiger partial charge in [-0.3, -0.25) is 4.79 Å². The minimum absolute atomic E-state index is 0.0636. The van der Waals surface area contributed by atoms with Gasteiger partial charge in [-0.1, -0.05) is 15.9 Å². The molecule has 0 saturated carbocycles. The van der Waals surface area contributed by atoms with Crippen molar-refractivity contribution in [2.45, 2.75) is 31.6 Å². The van der Waals surface area contributed by atoms with Gasteiger partial charge in [0.15, 0.2) is 6.10 Å². The quantitative estimate of drug-likeness (QED) is 0.819. The number of β-amino-alcohol motifs (C(OH)–C–C–N with tert-alkyl or cyclic N) is 1. The molecule has 2 aliphatic rings. The van der Waals surface area contributed by atoms with Crippen molar-refractivity contribution < 1.29 is 14.6 Å². The number of carbonyl (C=O) groups is 1. The van der Waals surface area contributed by atoms with E-state index in [1.165, 1.54) is 0 Å². The molecule has 2 aliphatic heterocycles. The van der Waals surface area contributed by atoms with Gasteiger partial charge >= 0.3 is 0 Å². The lowest BCUT2D eigenvalue weighted by Gasteiger charge is -2.22. The summed E-state index contributed by atoms with van der Waals surface area (Å²) in [5.74, 6) is 0.467. The summed E-state index contributed by atoms with van der Waals surface area (Å²) in [4.78, 5) is 16.5. The van der Waals surface area contributed by atoms with E-state index in [0.717, 1.165) is 15.6 Å². The molecular weight excluding hydrogens is 374 g/mol. The van der Waals surface area contributed by atoms with Crippen LogP contribution < -0.4 is 4.74 Å². The van der Waals surface area contributed by atoms with Crippen molar-refractivity contribution in [1.82, 2.24) is 9.80 Å². The number of likely N-dealkylation sites (N-methyl/N-ethyl adjacent to an activating group) is 1. The molecule has 24 heavy (non-hydrogen) atoms. The Morgan fingerprint density at radius 3 is 2.79 bits per heavy atom. The highest BCUT2D eigenvalue weighted by atomic mass is 79.9. The summed E-state index contributed by atoms with van der Waals surface area (Å²) >= 11 is 3.54. The third-order valence-corrected chi connectivity index (χ3v) is 5.89. The van der Waals surface area contributed by atoms with Gasteiger partial charge in [0, 0.05) is 35.1 Å². The van der Waals surface area contributed by atoms with Gasteiger partial charge in [0.25, 0.3) is 5.91 Å². The third kappa shape index (κ3) is 2.79. The Hall–Kier alpha value is -1.62. The van der Waals surface area contributed by atoms with Gasteiger partial charge in [-0.05, 0) is 32.6 Å². The number of carbonyl (C=O) groups excluding carboxylic acids is 1. The van der Waals surface area contributed by atoms with Crippen molar-refractivity contribution in [3.8, 4) is 11.8 Å². The second kappa shape index (κ2) is 6.36. The molecule has 3 atom stereocenters. The summed E-state index contributed by atoms with van der Waals surface area (Å²) in [6.45, 7) is 2.69. The first-order valence-corrected chi connectivity index (χ1v) is 8.64. The third-order valence-electron chi connectivity index (χ3n) is 4.81. The average Bonchev–Trinajstić information content (AvgIpc) is 3.13. The maximum atomic E-state index is 12.9. The van der Waals surface area contributed by atoms with Crippen LogP contribution in [0.3, 0.4) is 0 Å². The van der Waals surface area contributed by atoms with Crippen molar-refractivity contribution in [2.75, 3.05) is 27.2 Å². The van der Waals surface area contributed by atoms with Gasteiger partial charge < -0.3 is 19.6 Å².